The minimum Gasteiger partial charge on any atom is -0.457 e. The van der Waals surface area contributed by atoms with Gasteiger partial charge >= 0.3 is 12.1 Å². The van der Waals surface area contributed by atoms with E-state index in [1.54, 1.807) is 0 Å². The fraction of sp³-hybridized carbons (Fsp3) is 0.933. The average molecular weight is 356 g/mol. The van der Waals surface area contributed by atoms with Crippen molar-refractivity contribution in [1.82, 2.24) is 0 Å². The van der Waals surface area contributed by atoms with Crippen molar-refractivity contribution in [2.24, 2.45) is 11.8 Å². The molecule has 0 spiro atoms. The Morgan fingerprint density at radius 2 is 1.83 bits per heavy atom. The van der Waals surface area contributed by atoms with Gasteiger partial charge in [-0.05, 0) is 24.6 Å². The van der Waals surface area contributed by atoms with Gasteiger partial charge in [-0.25, -0.2) is 0 Å². The highest BCUT2D eigenvalue weighted by molar-refractivity contribution is 6.74. The van der Waals surface area contributed by atoms with Gasteiger partial charge in [-0.2, -0.15) is 13.2 Å². The third-order valence-corrected chi connectivity index (χ3v) is 9.44. The Morgan fingerprint density at radius 3 is 2.17 bits per heavy atom. The van der Waals surface area contributed by atoms with E-state index >= 15 is 0 Å². The molecule has 8 heteroatoms. The zero-order valence-electron chi connectivity index (χ0n) is 14.5. The van der Waals surface area contributed by atoms with Crippen LogP contribution in [0.1, 0.15) is 34.1 Å². The van der Waals surface area contributed by atoms with Crippen molar-refractivity contribution in [2.45, 2.75) is 70.6 Å². The Balaban J connectivity index is 3.19. The summed E-state index contributed by atoms with van der Waals surface area (Å²) in [5.41, 5.74) is 0. The molecular formula is C15H27F3O4Si. The molecule has 1 saturated heterocycles. The number of aliphatic hydroxyl groups is 1. The zero-order chi connectivity index (χ0) is 18.2. The van der Waals surface area contributed by atoms with Crippen LogP contribution < -0.4 is 0 Å². The average Bonchev–Trinajstić information content (AvgIpc) is 2.64. The lowest BCUT2D eigenvalue weighted by molar-refractivity contribution is -0.198. The number of ether oxygens (including phenoxy) is 1. The number of esters is 1. The highest BCUT2D eigenvalue weighted by atomic mass is 28.4. The van der Waals surface area contributed by atoms with Gasteiger partial charge in [-0.3, -0.25) is 4.79 Å². The van der Waals surface area contributed by atoms with E-state index < -0.39 is 51.1 Å². The lowest BCUT2D eigenvalue weighted by Gasteiger charge is -2.40. The number of aliphatic hydroxyl groups excluding tert-OH is 1. The van der Waals surface area contributed by atoms with Gasteiger partial charge in [0.15, 0.2) is 14.4 Å². The number of halogens is 3. The molecule has 1 heterocycles. The maximum Gasteiger partial charge on any atom is 0.392 e. The van der Waals surface area contributed by atoms with Crippen LogP contribution in [0.4, 0.5) is 13.2 Å². The summed E-state index contributed by atoms with van der Waals surface area (Å²) >= 11 is 0. The number of carbonyl (C=O) groups is 1. The Kier molecular flexibility index (Phi) is 5.97. The van der Waals surface area contributed by atoms with Crippen LogP contribution in [-0.2, 0) is 14.0 Å². The Bertz CT molecular complexity index is 431. The van der Waals surface area contributed by atoms with Gasteiger partial charge in [0.05, 0.1) is 24.5 Å². The fourth-order valence-electron chi connectivity index (χ4n) is 2.55. The highest BCUT2D eigenvalue weighted by Gasteiger charge is 2.58. The molecular weight excluding hydrogens is 329 g/mol. The van der Waals surface area contributed by atoms with Crippen molar-refractivity contribution < 1.29 is 32.2 Å². The summed E-state index contributed by atoms with van der Waals surface area (Å²) in [6, 6.07) is 0. The van der Waals surface area contributed by atoms with Gasteiger partial charge < -0.3 is 14.3 Å². The van der Waals surface area contributed by atoms with Gasteiger partial charge in [0.25, 0.3) is 0 Å². The first-order valence-electron chi connectivity index (χ1n) is 7.82. The van der Waals surface area contributed by atoms with Crippen LogP contribution in [0.3, 0.4) is 0 Å². The smallest absolute Gasteiger partial charge is 0.392 e. The SMILES string of the molecule is CC[C@H]([C@@H]1C(=O)O[C@H](CO)[C@H]1O[Si](C)(C)C(C)(C)C)C(F)(F)F. The summed E-state index contributed by atoms with van der Waals surface area (Å²) in [6.07, 6.45) is -6.87. The molecule has 1 N–H and O–H groups in total. The monoisotopic (exact) mass is 356 g/mol. The van der Waals surface area contributed by atoms with Gasteiger partial charge in [-0.1, -0.05) is 27.7 Å². The number of rotatable bonds is 5. The molecule has 0 aromatic carbocycles. The van der Waals surface area contributed by atoms with Crippen LogP contribution >= 0.6 is 0 Å². The molecule has 0 aromatic heterocycles. The topological polar surface area (TPSA) is 55.8 Å². The predicted octanol–water partition coefficient (Wildman–Crippen LogP) is 3.50. The molecule has 0 saturated carbocycles. The molecule has 4 nitrogen and oxygen atoms in total. The van der Waals surface area contributed by atoms with Gasteiger partial charge in [0.2, 0.25) is 0 Å². The number of hydrogen-bond acceptors (Lipinski definition) is 4. The van der Waals surface area contributed by atoms with E-state index in [9.17, 15) is 23.1 Å². The van der Waals surface area contributed by atoms with Crippen molar-refractivity contribution in [3.63, 3.8) is 0 Å². The van der Waals surface area contributed by atoms with Crippen molar-refractivity contribution >= 4 is 14.3 Å². The van der Waals surface area contributed by atoms with Gasteiger partial charge in [0, 0.05) is 0 Å². The number of hydrogen-bond donors (Lipinski definition) is 1. The molecule has 0 unspecified atom stereocenters. The van der Waals surface area contributed by atoms with Crippen LogP contribution in [0.2, 0.25) is 18.1 Å². The standard InChI is InChI=1S/C15H27F3O4Si/c1-7-9(15(16,17)18)11-12(10(8-19)21-13(11)20)22-23(5,6)14(2,3)4/h9-12,19H,7-8H2,1-6H3/t9-,10-,11+,12-/m1/s1. The predicted molar refractivity (Wildman–Crippen MR) is 82.4 cm³/mol. The summed E-state index contributed by atoms with van der Waals surface area (Å²) in [5, 5.41) is 9.17. The van der Waals surface area contributed by atoms with E-state index in [1.165, 1.54) is 6.92 Å². The summed E-state index contributed by atoms with van der Waals surface area (Å²) in [4.78, 5) is 12.0. The van der Waals surface area contributed by atoms with E-state index in [-0.39, 0.29) is 11.5 Å². The third kappa shape index (κ3) is 4.27. The number of carbonyl (C=O) groups excluding carboxylic acids is 1. The molecule has 1 fully saturated rings. The lowest BCUT2D eigenvalue weighted by Crippen LogP contribution is -2.50. The molecule has 0 radical (unpaired) electrons. The van der Waals surface area contributed by atoms with Crippen molar-refractivity contribution in [1.29, 1.82) is 0 Å². The molecule has 1 rings (SSSR count). The molecule has 136 valence electrons. The quantitative estimate of drug-likeness (QED) is 0.605. The van der Waals surface area contributed by atoms with E-state index in [0.29, 0.717) is 0 Å². The summed E-state index contributed by atoms with van der Waals surface area (Å²) < 4.78 is 50.9. The summed E-state index contributed by atoms with van der Waals surface area (Å²) in [6.45, 7) is 10.5. The second-order valence-corrected chi connectivity index (χ2v) is 12.3. The molecule has 1 aliphatic rings. The zero-order valence-corrected chi connectivity index (χ0v) is 15.5. The lowest BCUT2D eigenvalue weighted by atomic mass is 9.85. The number of alkyl halides is 3. The molecule has 0 bridgehead atoms. The highest BCUT2D eigenvalue weighted by Crippen LogP contribution is 2.45. The molecule has 1 aliphatic heterocycles. The molecule has 23 heavy (non-hydrogen) atoms. The van der Waals surface area contributed by atoms with Gasteiger partial charge in [0.1, 0.15) is 0 Å². The summed E-state index contributed by atoms with van der Waals surface area (Å²) in [7, 11) is -2.43. The Hall–Kier alpha value is -0.603. The Labute approximate surface area is 136 Å². The second-order valence-electron chi connectivity index (χ2n) is 7.58. The summed E-state index contributed by atoms with van der Waals surface area (Å²) in [5.74, 6) is -4.19. The molecule has 4 atom stereocenters. The fourth-order valence-corrected chi connectivity index (χ4v) is 3.88. The van der Waals surface area contributed by atoms with E-state index in [4.69, 9.17) is 9.16 Å². The maximum absolute atomic E-state index is 13.3. The van der Waals surface area contributed by atoms with Crippen LogP contribution in [0.15, 0.2) is 0 Å². The molecule has 0 amide bonds. The first-order chi connectivity index (χ1) is 10.3. The van der Waals surface area contributed by atoms with Crippen LogP contribution in [-0.4, -0.2) is 44.4 Å². The van der Waals surface area contributed by atoms with E-state index in [2.05, 4.69) is 0 Å². The second kappa shape index (κ2) is 6.72. The molecule has 0 aromatic rings. The van der Waals surface area contributed by atoms with Crippen molar-refractivity contribution in [3.05, 3.63) is 0 Å². The minimum atomic E-state index is -4.52. The number of cyclic esters (lactones) is 1. The largest absolute Gasteiger partial charge is 0.457 e. The van der Waals surface area contributed by atoms with Crippen LogP contribution in [0.25, 0.3) is 0 Å². The first-order valence-corrected chi connectivity index (χ1v) is 10.7. The van der Waals surface area contributed by atoms with Crippen molar-refractivity contribution in [2.75, 3.05) is 6.61 Å². The van der Waals surface area contributed by atoms with E-state index in [0.717, 1.165) is 0 Å². The van der Waals surface area contributed by atoms with E-state index in [1.807, 2.05) is 33.9 Å². The van der Waals surface area contributed by atoms with Crippen LogP contribution in [0, 0.1) is 11.8 Å². The normalized spacial score (nSPS) is 27.9. The maximum atomic E-state index is 13.3. The van der Waals surface area contributed by atoms with Crippen molar-refractivity contribution in [3.8, 4) is 0 Å². The molecule has 0 aliphatic carbocycles. The Morgan fingerprint density at radius 1 is 1.30 bits per heavy atom. The van der Waals surface area contributed by atoms with Gasteiger partial charge in [-0.15, -0.1) is 0 Å². The van der Waals surface area contributed by atoms with Crippen LogP contribution in [0.5, 0.6) is 0 Å². The third-order valence-electron chi connectivity index (χ3n) is 4.97. The first kappa shape index (κ1) is 20.4. The minimum absolute atomic E-state index is 0.233.